The third kappa shape index (κ3) is 4.11. The maximum Gasteiger partial charge on any atom is 0.231 e. The van der Waals surface area contributed by atoms with Gasteiger partial charge in [0.1, 0.15) is 5.16 Å². The van der Waals surface area contributed by atoms with Crippen molar-refractivity contribution < 1.29 is 9.47 Å². The zero-order valence-corrected chi connectivity index (χ0v) is 14.6. The fourth-order valence-corrected chi connectivity index (χ4v) is 1.98. The zero-order valence-electron chi connectivity index (χ0n) is 12.2. The molecule has 0 bridgehead atoms. The summed E-state index contributed by atoms with van der Waals surface area (Å²) in [6.45, 7) is 3.91. The summed E-state index contributed by atoms with van der Waals surface area (Å²) in [4.78, 5) is 4.26. The third-order valence-corrected chi connectivity index (χ3v) is 3.40. The SMILES string of the molecule is C=C(Br)/C=N\N(C)/C(Cl)=C\C(=NC)c1ccc2c(c1)OCO2. The Balaban J connectivity index is 2.21. The van der Waals surface area contributed by atoms with E-state index >= 15 is 0 Å². The summed E-state index contributed by atoms with van der Waals surface area (Å²) in [7, 11) is 3.43. The summed E-state index contributed by atoms with van der Waals surface area (Å²) >= 11 is 9.45. The Morgan fingerprint density at radius 3 is 2.82 bits per heavy atom. The Bertz CT molecular complexity index is 671. The van der Waals surface area contributed by atoms with E-state index in [2.05, 4.69) is 32.6 Å². The molecule has 22 heavy (non-hydrogen) atoms. The van der Waals surface area contributed by atoms with E-state index in [-0.39, 0.29) is 6.79 Å². The predicted molar refractivity (Wildman–Crippen MR) is 93.3 cm³/mol. The Morgan fingerprint density at radius 2 is 2.14 bits per heavy atom. The summed E-state index contributed by atoms with van der Waals surface area (Å²) in [6.07, 6.45) is 3.28. The molecule has 0 fully saturated rings. The normalized spacial score (nSPS) is 14.5. The van der Waals surface area contributed by atoms with Gasteiger partial charge < -0.3 is 9.47 Å². The molecule has 0 spiro atoms. The molecule has 2 rings (SSSR count). The van der Waals surface area contributed by atoms with Gasteiger partial charge in [0.15, 0.2) is 11.5 Å². The molecule has 0 saturated heterocycles. The summed E-state index contributed by atoms with van der Waals surface area (Å²) in [5, 5.41) is 6.06. The van der Waals surface area contributed by atoms with Crippen molar-refractivity contribution in [3.05, 3.63) is 46.1 Å². The van der Waals surface area contributed by atoms with Crippen LogP contribution >= 0.6 is 27.5 Å². The van der Waals surface area contributed by atoms with Crippen LogP contribution in [0.5, 0.6) is 11.5 Å². The highest BCUT2D eigenvalue weighted by Crippen LogP contribution is 2.32. The first-order valence-corrected chi connectivity index (χ1v) is 7.54. The number of fused-ring (bicyclic) bond motifs is 1. The van der Waals surface area contributed by atoms with Gasteiger partial charge in [-0.15, -0.1) is 0 Å². The minimum absolute atomic E-state index is 0.238. The monoisotopic (exact) mass is 383 g/mol. The molecule has 116 valence electrons. The van der Waals surface area contributed by atoms with Crippen LogP contribution < -0.4 is 9.47 Å². The minimum atomic E-state index is 0.238. The van der Waals surface area contributed by atoms with Crippen molar-refractivity contribution in [1.29, 1.82) is 0 Å². The molecule has 5 nitrogen and oxygen atoms in total. The van der Waals surface area contributed by atoms with Crippen LogP contribution in [0.4, 0.5) is 0 Å². The fourth-order valence-electron chi connectivity index (χ4n) is 1.74. The Hall–Kier alpha value is -1.79. The van der Waals surface area contributed by atoms with Gasteiger partial charge in [-0.05, 0) is 34.1 Å². The second kappa shape index (κ2) is 7.47. The van der Waals surface area contributed by atoms with E-state index in [1.54, 1.807) is 26.4 Å². The van der Waals surface area contributed by atoms with Crippen molar-refractivity contribution in [3.8, 4) is 11.5 Å². The molecule has 1 aliphatic heterocycles. The van der Waals surface area contributed by atoms with Crippen molar-refractivity contribution in [2.24, 2.45) is 10.1 Å². The molecule has 7 heteroatoms. The van der Waals surface area contributed by atoms with Crippen LogP contribution in [0.25, 0.3) is 0 Å². The van der Waals surface area contributed by atoms with Gasteiger partial charge >= 0.3 is 0 Å². The summed E-state index contributed by atoms with van der Waals surface area (Å²) in [5.74, 6) is 1.43. The molecule has 0 aromatic heterocycles. The smallest absolute Gasteiger partial charge is 0.231 e. The van der Waals surface area contributed by atoms with Crippen LogP contribution in [0.2, 0.25) is 0 Å². The van der Waals surface area contributed by atoms with Crippen molar-refractivity contribution in [2.45, 2.75) is 0 Å². The number of ether oxygens (including phenoxy) is 2. The predicted octanol–water partition coefficient (Wildman–Crippen LogP) is 3.74. The van der Waals surface area contributed by atoms with Crippen LogP contribution in [0.1, 0.15) is 5.56 Å². The van der Waals surface area contributed by atoms with Crippen LogP contribution in [-0.2, 0) is 0 Å². The van der Waals surface area contributed by atoms with Gasteiger partial charge in [-0.2, -0.15) is 5.10 Å². The third-order valence-electron chi connectivity index (χ3n) is 2.85. The Labute approximate surface area is 142 Å². The summed E-state index contributed by atoms with van der Waals surface area (Å²) < 4.78 is 11.3. The van der Waals surface area contributed by atoms with Crippen LogP contribution in [0.15, 0.2) is 50.6 Å². The molecule has 1 aromatic carbocycles. The lowest BCUT2D eigenvalue weighted by Crippen LogP contribution is -2.09. The van der Waals surface area contributed by atoms with Gasteiger partial charge in [0.25, 0.3) is 0 Å². The molecular formula is C15H15BrClN3O2. The Morgan fingerprint density at radius 1 is 1.41 bits per heavy atom. The Kier molecular flexibility index (Phi) is 5.63. The van der Waals surface area contributed by atoms with Crippen LogP contribution in [0, 0.1) is 0 Å². The van der Waals surface area contributed by atoms with Crippen molar-refractivity contribution in [3.63, 3.8) is 0 Å². The molecule has 1 aliphatic rings. The summed E-state index contributed by atoms with van der Waals surface area (Å²) in [6, 6.07) is 5.62. The minimum Gasteiger partial charge on any atom is -0.454 e. The van der Waals surface area contributed by atoms with Gasteiger partial charge in [-0.3, -0.25) is 10.0 Å². The zero-order chi connectivity index (χ0) is 16.1. The number of benzene rings is 1. The van der Waals surface area contributed by atoms with Gasteiger partial charge in [0.2, 0.25) is 6.79 Å². The fraction of sp³-hybridized carbons (Fsp3) is 0.200. The standard InChI is InChI=1S/C15H15BrClN3O2/c1-10(16)8-19-20(3)15(17)7-12(18-2)11-4-5-13-14(6-11)22-9-21-13/h4-8H,1,9H2,2-3H3/b15-7-,18-12?,19-8-. The number of nitrogens with zero attached hydrogens (tertiary/aromatic N) is 3. The average Bonchev–Trinajstić information content (AvgIpc) is 2.97. The maximum absolute atomic E-state index is 6.25. The highest BCUT2D eigenvalue weighted by Gasteiger charge is 2.15. The van der Waals surface area contributed by atoms with Gasteiger partial charge in [-0.25, -0.2) is 0 Å². The number of aliphatic imine (C=N–C) groups is 1. The van der Waals surface area contributed by atoms with Crippen LogP contribution in [0.3, 0.4) is 0 Å². The van der Waals surface area contributed by atoms with E-state index in [9.17, 15) is 0 Å². The largest absolute Gasteiger partial charge is 0.454 e. The van der Waals surface area contributed by atoms with E-state index in [4.69, 9.17) is 21.1 Å². The second-order valence-electron chi connectivity index (χ2n) is 4.36. The summed E-state index contributed by atoms with van der Waals surface area (Å²) in [5.41, 5.74) is 1.59. The molecule has 0 amide bonds. The van der Waals surface area contributed by atoms with E-state index < -0.39 is 0 Å². The maximum atomic E-state index is 6.25. The molecule has 0 atom stereocenters. The number of hydrogen-bond acceptors (Lipinski definition) is 5. The number of hydrogen-bond donors (Lipinski definition) is 0. The van der Waals surface area contributed by atoms with E-state index in [1.807, 2.05) is 18.2 Å². The number of allylic oxidation sites excluding steroid dienone is 2. The van der Waals surface area contributed by atoms with Crippen molar-refractivity contribution >= 4 is 39.5 Å². The highest BCUT2D eigenvalue weighted by molar-refractivity contribution is 9.12. The lowest BCUT2D eigenvalue weighted by Gasteiger charge is -2.11. The van der Waals surface area contributed by atoms with Crippen molar-refractivity contribution in [2.75, 3.05) is 20.9 Å². The van der Waals surface area contributed by atoms with Crippen LogP contribution in [-0.4, -0.2) is 37.8 Å². The van der Waals surface area contributed by atoms with Crippen molar-refractivity contribution in [1.82, 2.24) is 5.01 Å². The van der Waals surface area contributed by atoms with Gasteiger partial charge in [0.05, 0.1) is 11.9 Å². The molecule has 1 aromatic rings. The van der Waals surface area contributed by atoms with E-state index in [1.165, 1.54) is 5.01 Å². The number of halogens is 2. The molecule has 0 N–H and O–H groups in total. The first-order chi connectivity index (χ1) is 10.5. The van der Waals surface area contributed by atoms with Gasteiger partial charge in [0, 0.05) is 30.2 Å². The number of hydrazone groups is 1. The first-order valence-electron chi connectivity index (χ1n) is 6.37. The molecular weight excluding hydrogens is 370 g/mol. The van der Waals surface area contributed by atoms with Gasteiger partial charge in [-0.1, -0.05) is 18.2 Å². The molecule has 0 unspecified atom stereocenters. The molecule has 0 saturated carbocycles. The highest BCUT2D eigenvalue weighted by atomic mass is 79.9. The molecule has 1 heterocycles. The van der Waals surface area contributed by atoms with E-state index in [0.29, 0.717) is 21.1 Å². The topological polar surface area (TPSA) is 46.4 Å². The lowest BCUT2D eigenvalue weighted by molar-refractivity contribution is 0.174. The lowest BCUT2D eigenvalue weighted by atomic mass is 10.1. The quantitative estimate of drug-likeness (QED) is 0.441. The molecule has 0 aliphatic carbocycles. The molecule has 0 radical (unpaired) electrons. The first kappa shape index (κ1) is 16.6. The van der Waals surface area contributed by atoms with E-state index in [0.717, 1.165) is 11.3 Å². The average molecular weight is 385 g/mol. The number of rotatable bonds is 5. The second-order valence-corrected chi connectivity index (χ2v) is 5.76.